The first kappa shape index (κ1) is 20.7. The number of nitrogens with zero attached hydrogens (tertiary/aromatic N) is 5. The van der Waals surface area contributed by atoms with Crippen molar-refractivity contribution in [3.63, 3.8) is 0 Å². The van der Waals surface area contributed by atoms with Crippen LogP contribution in [0.4, 0.5) is 0 Å². The second-order valence-electron chi connectivity index (χ2n) is 7.39. The molecule has 2 N–H and O–H groups in total. The third-order valence-electron chi connectivity index (χ3n) is 4.61. The quantitative estimate of drug-likeness (QED) is 0.549. The standard InChI is InChI=1S/C21H29N7O/c1-4-22-12-18-10-11-27(25-18)13-19-14-28(26-24-19)15-20(29)23-21(16(2)3)17-8-6-5-7-9-17/h5-11,14,16,21-22H,4,12-13,15H2,1-3H3,(H,23,29). The Balaban J connectivity index is 1.56. The third-order valence-corrected chi connectivity index (χ3v) is 4.61. The van der Waals surface area contributed by atoms with Gasteiger partial charge in [0.25, 0.3) is 0 Å². The molecule has 0 saturated carbocycles. The number of hydrogen-bond acceptors (Lipinski definition) is 5. The summed E-state index contributed by atoms with van der Waals surface area (Å²) < 4.78 is 3.39. The molecule has 0 spiro atoms. The zero-order valence-electron chi connectivity index (χ0n) is 17.2. The number of aromatic nitrogens is 5. The molecule has 0 radical (unpaired) electrons. The molecule has 8 nitrogen and oxygen atoms in total. The Morgan fingerprint density at radius 3 is 2.62 bits per heavy atom. The van der Waals surface area contributed by atoms with E-state index in [1.165, 1.54) is 0 Å². The largest absolute Gasteiger partial charge is 0.347 e. The molecule has 2 aromatic heterocycles. The second kappa shape index (κ2) is 9.97. The molecule has 0 bridgehead atoms. The number of benzene rings is 1. The molecule has 1 amide bonds. The van der Waals surface area contributed by atoms with Gasteiger partial charge in [-0.15, -0.1) is 5.10 Å². The van der Waals surface area contributed by atoms with Crippen LogP contribution >= 0.6 is 0 Å². The summed E-state index contributed by atoms with van der Waals surface area (Å²) in [5.74, 6) is 0.194. The van der Waals surface area contributed by atoms with E-state index in [-0.39, 0.29) is 24.4 Å². The monoisotopic (exact) mass is 395 g/mol. The van der Waals surface area contributed by atoms with E-state index >= 15 is 0 Å². The number of hydrogen-bond donors (Lipinski definition) is 2. The van der Waals surface area contributed by atoms with Crippen LogP contribution in [0.15, 0.2) is 48.8 Å². The van der Waals surface area contributed by atoms with Crippen molar-refractivity contribution in [3.8, 4) is 0 Å². The Morgan fingerprint density at radius 1 is 1.10 bits per heavy atom. The Morgan fingerprint density at radius 2 is 1.90 bits per heavy atom. The van der Waals surface area contributed by atoms with E-state index in [1.54, 1.807) is 10.9 Å². The number of amides is 1. The molecule has 0 fully saturated rings. The van der Waals surface area contributed by atoms with Crippen LogP contribution in [0.2, 0.25) is 0 Å². The molecule has 154 valence electrons. The van der Waals surface area contributed by atoms with Crippen LogP contribution in [-0.2, 0) is 24.4 Å². The van der Waals surface area contributed by atoms with Crippen molar-refractivity contribution in [1.29, 1.82) is 0 Å². The first-order valence-corrected chi connectivity index (χ1v) is 10.0. The number of carbonyl (C=O) groups is 1. The van der Waals surface area contributed by atoms with E-state index in [4.69, 9.17) is 0 Å². The first-order valence-electron chi connectivity index (χ1n) is 10.0. The zero-order chi connectivity index (χ0) is 20.6. The summed E-state index contributed by atoms with van der Waals surface area (Å²) in [6.07, 6.45) is 3.71. The molecule has 8 heteroatoms. The Kier molecular flexibility index (Phi) is 7.13. The highest BCUT2D eigenvalue weighted by atomic mass is 16.2. The van der Waals surface area contributed by atoms with Gasteiger partial charge in [-0.25, -0.2) is 4.68 Å². The molecule has 29 heavy (non-hydrogen) atoms. The predicted molar refractivity (Wildman–Crippen MR) is 111 cm³/mol. The molecule has 3 rings (SSSR count). The summed E-state index contributed by atoms with van der Waals surface area (Å²) in [6.45, 7) is 8.56. The average molecular weight is 396 g/mol. The molecule has 1 aromatic carbocycles. The third kappa shape index (κ3) is 5.99. The summed E-state index contributed by atoms with van der Waals surface area (Å²) in [5.41, 5.74) is 2.85. The molecular weight excluding hydrogens is 366 g/mol. The Bertz CT molecular complexity index is 901. The fourth-order valence-electron chi connectivity index (χ4n) is 3.15. The smallest absolute Gasteiger partial charge is 0.242 e. The van der Waals surface area contributed by atoms with E-state index in [9.17, 15) is 4.79 Å². The Hall–Kier alpha value is -3.00. The Labute approximate surface area is 171 Å². The normalized spacial score (nSPS) is 12.3. The minimum atomic E-state index is -0.0870. The maximum Gasteiger partial charge on any atom is 0.242 e. The highest BCUT2D eigenvalue weighted by Crippen LogP contribution is 2.21. The zero-order valence-corrected chi connectivity index (χ0v) is 17.2. The summed E-state index contributed by atoms with van der Waals surface area (Å²) >= 11 is 0. The highest BCUT2D eigenvalue weighted by molar-refractivity contribution is 5.76. The van der Waals surface area contributed by atoms with E-state index in [0.717, 1.165) is 30.0 Å². The maximum absolute atomic E-state index is 12.5. The van der Waals surface area contributed by atoms with E-state index < -0.39 is 0 Å². The number of nitrogens with one attached hydrogen (secondary N) is 2. The van der Waals surface area contributed by atoms with Crippen molar-refractivity contribution in [2.75, 3.05) is 6.54 Å². The maximum atomic E-state index is 12.5. The highest BCUT2D eigenvalue weighted by Gasteiger charge is 2.18. The summed E-state index contributed by atoms with van der Waals surface area (Å²) in [4.78, 5) is 12.5. The summed E-state index contributed by atoms with van der Waals surface area (Å²) in [6, 6.07) is 12.0. The van der Waals surface area contributed by atoms with Gasteiger partial charge in [0.05, 0.1) is 24.5 Å². The molecule has 1 atom stereocenters. The van der Waals surface area contributed by atoms with Gasteiger partial charge in [0.15, 0.2) is 0 Å². The fourth-order valence-corrected chi connectivity index (χ4v) is 3.15. The lowest BCUT2D eigenvalue weighted by Crippen LogP contribution is -2.34. The van der Waals surface area contributed by atoms with Crippen molar-refractivity contribution in [2.45, 2.75) is 46.4 Å². The van der Waals surface area contributed by atoms with Crippen molar-refractivity contribution in [3.05, 3.63) is 65.7 Å². The van der Waals surface area contributed by atoms with Gasteiger partial charge in [0, 0.05) is 12.7 Å². The lowest BCUT2D eigenvalue weighted by molar-refractivity contribution is -0.123. The van der Waals surface area contributed by atoms with Gasteiger partial charge in [-0.05, 0) is 24.1 Å². The summed E-state index contributed by atoms with van der Waals surface area (Å²) in [7, 11) is 0. The van der Waals surface area contributed by atoms with Crippen molar-refractivity contribution < 1.29 is 4.79 Å². The number of carbonyl (C=O) groups excluding carboxylic acids is 1. The lowest BCUT2D eigenvalue weighted by atomic mass is 9.96. The van der Waals surface area contributed by atoms with Crippen molar-refractivity contribution in [2.24, 2.45) is 5.92 Å². The van der Waals surface area contributed by atoms with E-state index in [0.29, 0.717) is 6.54 Å². The van der Waals surface area contributed by atoms with Gasteiger partial charge < -0.3 is 10.6 Å². The van der Waals surface area contributed by atoms with Gasteiger partial charge >= 0.3 is 0 Å². The van der Waals surface area contributed by atoms with Crippen molar-refractivity contribution in [1.82, 2.24) is 35.4 Å². The van der Waals surface area contributed by atoms with E-state index in [2.05, 4.69) is 46.8 Å². The molecule has 1 unspecified atom stereocenters. The van der Waals surface area contributed by atoms with E-state index in [1.807, 2.05) is 47.3 Å². The minimum absolute atomic E-state index is 0.0362. The molecule has 0 aliphatic carbocycles. The second-order valence-corrected chi connectivity index (χ2v) is 7.39. The van der Waals surface area contributed by atoms with Crippen LogP contribution in [0.5, 0.6) is 0 Å². The molecular formula is C21H29N7O. The molecule has 2 heterocycles. The lowest BCUT2D eigenvalue weighted by Gasteiger charge is -2.22. The predicted octanol–water partition coefficient (Wildman–Crippen LogP) is 2.15. The molecule has 0 aliphatic heterocycles. The molecule has 3 aromatic rings. The van der Waals surface area contributed by atoms with Gasteiger partial charge in [0.1, 0.15) is 12.2 Å². The van der Waals surface area contributed by atoms with Gasteiger partial charge in [-0.1, -0.05) is 56.3 Å². The molecule has 0 aliphatic rings. The van der Waals surface area contributed by atoms with Crippen molar-refractivity contribution >= 4 is 5.91 Å². The van der Waals surface area contributed by atoms with Crippen LogP contribution in [0, 0.1) is 5.92 Å². The fraction of sp³-hybridized carbons (Fsp3) is 0.429. The minimum Gasteiger partial charge on any atom is -0.347 e. The average Bonchev–Trinajstić information content (AvgIpc) is 3.34. The van der Waals surface area contributed by atoms with Crippen LogP contribution in [0.1, 0.15) is 43.8 Å². The topological polar surface area (TPSA) is 89.7 Å². The van der Waals surface area contributed by atoms with Crippen LogP contribution < -0.4 is 10.6 Å². The first-order chi connectivity index (χ1) is 14.0. The van der Waals surface area contributed by atoms with Gasteiger partial charge in [-0.2, -0.15) is 5.10 Å². The number of rotatable bonds is 10. The van der Waals surface area contributed by atoms with Gasteiger partial charge in [0.2, 0.25) is 5.91 Å². The van der Waals surface area contributed by atoms with Crippen LogP contribution in [0.3, 0.4) is 0 Å². The van der Waals surface area contributed by atoms with Gasteiger partial charge in [-0.3, -0.25) is 9.48 Å². The molecule has 0 saturated heterocycles. The van der Waals surface area contributed by atoms with Crippen LogP contribution in [0.25, 0.3) is 0 Å². The van der Waals surface area contributed by atoms with Crippen LogP contribution in [-0.4, -0.2) is 37.2 Å². The summed E-state index contributed by atoms with van der Waals surface area (Å²) in [5, 5.41) is 19.1. The SMILES string of the molecule is CCNCc1ccn(Cc2cn(CC(=O)NC(c3ccccc3)C(C)C)nn2)n1.